The van der Waals surface area contributed by atoms with Crippen molar-refractivity contribution < 1.29 is 14.7 Å². The zero-order chi connectivity index (χ0) is 14.4. The van der Waals surface area contributed by atoms with Gasteiger partial charge in [0.2, 0.25) is 5.91 Å². The minimum absolute atomic E-state index is 0.0970. The fourth-order valence-corrected chi connectivity index (χ4v) is 4.46. The molecular weight excluding hydrogens is 242 g/mol. The van der Waals surface area contributed by atoms with Crippen molar-refractivity contribution in [1.29, 1.82) is 0 Å². The number of aliphatic carboxylic acids is 1. The third kappa shape index (κ3) is 1.87. The quantitative estimate of drug-likeness (QED) is 0.820. The maximum Gasteiger partial charge on any atom is 0.310 e. The topological polar surface area (TPSA) is 80.4 Å². The molecule has 0 aliphatic heterocycles. The molecule has 0 aromatic heterocycles. The van der Waals surface area contributed by atoms with E-state index in [0.29, 0.717) is 25.2 Å². The van der Waals surface area contributed by atoms with Gasteiger partial charge in [-0.2, -0.15) is 0 Å². The lowest BCUT2D eigenvalue weighted by Gasteiger charge is -2.49. The van der Waals surface area contributed by atoms with Gasteiger partial charge in [-0.05, 0) is 43.4 Å². The predicted molar refractivity (Wildman–Crippen MR) is 72.3 cm³/mol. The molecule has 1 amide bonds. The maximum absolute atomic E-state index is 12.3. The lowest BCUT2D eigenvalue weighted by molar-refractivity contribution is -0.165. The number of carboxylic acids is 1. The van der Waals surface area contributed by atoms with Crippen molar-refractivity contribution in [3.63, 3.8) is 0 Å². The van der Waals surface area contributed by atoms with Gasteiger partial charge in [-0.3, -0.25) is 9.59 Å². The van der Waals surface area contributed by atoms with Gasteiger partial charge < -0.3 is 10.8 Å². The first-order valence-corrected chi connectivity index (χ1v) is 7.31. The van der Waals surface area contributed by atoms with Crippen molar-refractivity contribution in [2.24, 2.45) is 34.3 Å². The molecule has 19 heavy (non-hydrogen) atoms. The Kier molecular flexibility index (Phi) is 3.40. The van der Waals surface area contributed by atoms with Gasteiger partial charge in [0.25, 0.3) is 0 Å². The number of hydrogen-bond donors (Lipinski definition) is 2. The number of carbonyl (C=O) groups excluding carboxylic acids is 1. The van der Waals surface area contributed by atoms with Crippen LogP contribution >= 0.6 is 0 Å². The largest absolute Gasteiger partial charge is 0.481 e. The van der Waals surface area contributed by atoms with E-state index < -0.39 is 22.7 Å². The smallest absolute Gasteiger partial charge is 0.310 e. The van der Waals surface area contributed by atoms with Gasteiger partial charge in [0, 0.05) is 0 Å². The molecule has 0 radical (unpaired) electrons. The first-order valence-electron chi connectivity index (χ1n) is 7.31. The molecule has 0 aromatic rings. The van der Waals surface area contributed by atoms with Gasteiger partial charge in [-0.25, -0.2) is 0 Å². The second-order valence-corrected chi connectivity index (χ2v) is 6.96. The van der Waals surface area contributed by atoms with Crippen LogP contribution in [0.5, 0.6) is 0 Å². The first-order chi connectivity index (χ1) is 8.78. The zero-order valence-corrected chi connectivity index (χ0v) is 12.1. The molecule has 108 valence electrons. The summed E-state index contributed by atoms with van der Waals surface area (Å²) in [4.78, 5) is 24.0. The second-order valence-electron chi connectivity index (χ2n) is 6.96. The highest BCUT2D eigenvalue weighted by molar-refractivity contribution is 5.92. The molecule has 0 unspecified atom stereocenters. The van der Waals surface area contributed by atoms with Crippen molar-refractivity contribution in [2.45, 2.75) is 52.9 Å². The number of rotatable bonds is 4. The Morgan fingerprint density at radius 3 is 2.21 bits per heavy atom. The van der Waals surface area contributed by atoms with E-state index in [2.05, 4.69) is 20.8 Å². The summed E-state index contributed by atoms with van der Waals surface area (Å²) in [6.07, 6.45) is 3.81. The summed E-state index contributed by atoms with van der Waals surface area (Å²) in [6, 6.07) is 0. The fourth-order valence-electron chi connectivity index (χ4n) is 4.46. The average molecular weight is 267 g/mol. The van der Waals surface area contributed by atoms with E-state index >= 15 is 0 Å². The lowest BCUT2D eigenvalue weighted by Crippen LogP contribution is -2.56. The summed E-state index contributed by atoms with van der Waals surface area (Å²) in [6.45, 7) is 6.26. The number of carboxylic acid groups (broad SMARTS) is 1. The summed E-state index contributed by atoms with van der Waals surface area (Å²) in [7, 11) is 0. The molecule has 2 fully saturated rings. The van der Waals surface area contributed by atoms with Crippen molar-refractivity contribution >= 4 is 11.9 Å². The third-order valence-corrected chi connectivity index (χ3v) is 5.53. The number of amides is 1. The molecule has 3 N–H and O–H groups in total. The molecule has 2 aliphatic rings. The van der Waals surface area contributed by atoms with Crippen molar-refractivity contribution in [1.82, 2.24) is 0 Å². The van der Waals surface area contributed by atoms with Gasteiger partial charge in [-0.1, -0.05) is 27.2 Å². The summed E-state index contributed by atoms with van der Waals surface area (Å²) in [5.74, 6) is -0.459. The van der Waals surface area contributed by atoms with Crippen LogP contribution in [0.25, 0.3) is 0 Å². The molecule has 2 saturated carbocycles. The Morgan fingerprint density at radius 1 is 1.26 bits per heavy atom. The molecule has 4 heteroatoms. The van der Waals surface area contributed by atoms with E-state index in [1.165, 1.54) is 0 Å². The summed E-state index contributed by atoms with van der Waals surface area (Å²) >= 11 is 0. The molecule has 0 bridgehead atoms. The highest BCUT2D eigenvalue weighted by Crippen LogP contribution is 2.67. The van der Waals surface area contributed by atoms with Crippen molar-refractivity contribution in [2.75, 3.05) is 0 Å². The molecule has 2 rings (SSSR count). The zero-order valence-electron chi connectivity index (χ0n) is 12.1. The highest BCUT2D eigenvalue weighted by Gasteiger charge is 2.70. The molecule has 4 nitrogen and oxygen atoms in total. The Morgan fingerprint density at radius 2 is 1.84 bits per heavy atom. The molecule has 2 aliphatic carbocycles. The standard InChI is InChI=1S/C15H25NO3/c1-9(2)11-5-4-10(3)8-15(11,12(16)17)14(6-7-14)13(18)19/h9-11H,4-8H2,1-3H3,(H2,16,17)(H,18,19)/t10-,11+,15-/m1/s1. The highest BCUT2D eigenvalue weighted by atomic mass is 16.4. The Bertz CT molecular complexity index is 400. The monoisotopic (exact) mass is 267 g/mol. The fraction of sp³-hybridized carbons (Fsp3) is 0.867. The number of hydrogen-bond acceptors (Lipinski definition) is 2. The number of primary amides is 1. The van der Waals surface area contributed by atoms with Gasteiger partial charge in [0.05, 0.1) is 10.8 Å². The van der Waals surface area contributed by atoms with Gasteiger partial charge in [-0.15, -0.1) is 0 Å². The van der Waals surface area contributed by atoms with Crippen molar-refractivity contribution in [3.05, 3.63) is 0 Å². The van der Waals surface area contributed by atoms with Crippen LogP contribution in [0.2, 0.25) is 0 Å². The minimum Gasteiger partial charge on any atom is -0.481 e. The lowest BCUT2D eigenvalue weighted by atomic mass is 9.52. The van der Waals surface area contributed by atoms with E-state index in [9.17, 15) is 14.7 Å². The van der Waals surface area contributed by atoms with Crippen molar-refractivity contribution in [3.8, 4) is 0 Å². The van der Waals surface area contributed by atoms with Crippen LogP contribution in [0.3, 0.4) is 0 Å². The average Bonchev–Trinajstić information content (AvgIpc) is 3.08. The third-order valence-electron chi connectivity index (χ3n) is 5.53. The van der Waals surface area contributed by atoms with Gasteiger partial charge >= 0.3 is 5.97 Å². The van der Waals surface area contributed by atoms with Crippen LogP contribution < -0.4 is 5.73 Å². The maximum atomic E-state index is 12.3. The van der Waals surface area contributed by atoms with Crippen LogP contribution in [0.1, 0.15) is 52.9 Å². The Labute approximate surface area is 114 Å². The Hall–Kier alpha value is -1.06. The van der Waals surface area contributed by atoms with Gasteiger partial charge in [0.15, 0.2) is 0 Å². The van der Waals surface area contributed by atoms with Crippen LogP contribution in [0, 0.1) is 28.6 Å². The van der Waals surface area contributed by atoms with E-state index in [1.54, 1.807) is 0 Å². The van der Waals surface area contributed by atoms with Crippen LogP contribution in [0.4, 0.5) is 0 Å². The van der Waals surface area contributed by atoms with Crippen LogP contribution in [-0.4, -0.2) is 17.0 Å². The number of carbonyl (C=O) groups is 2. The van der Waals surface area contributed by atoms with E-state index in [4.69, 9.17) is 5.73 Å². The second kappa shape index (κ2) is 4.50. The molecule has 0 saturated heterocycles. The van der Waals surface area contributed by atoms with E-state index in [1.807, 2.05) is 0 Å². The number of nitrogens with two attached hydrogens (primary N) is 1. The first kappa shape index (κ1) is 14.4. The summed E-state index contributed by atoms with van der Waals surface area (Å²) < 4.78 is 0. The molecule has 0 aromatic carbocycles. The summed E-state index contributed by atoms with van der Waals surface area (Å²) in [5, 5.41) is 9.65. The van der Waals surface area contributed by atoms with Crippen LogP contribution in [-0.2, 0) is 9.59 Å². The molecule has 0 spiro atoms. The molecular formula is C15H25NO3. The summed E-state index contributed by atoms with van der Waals surface area (Å²) in [5.41, 5.74) is 4.03. The van der Waals surface area contributed by atoms with Gasteiger partial charge in [0.1, 0.15) is 0 Å². The minimum atomic E-state index is -0.886. The Balaban J connectivity index is 2.51. The predicted octanol–water partition coefficient (Wildman–Crippen LogP) is 2.42. The van der Waals surface area contributed by atoms with E-state index in [0.717, 1.165) is 12.8 Å². The van der Waals surface area contributed by atoms with Crippen LogP contribution in [0.15, 0.2) is 0 Å². The van der Waals surface area contributed by atoms with E-state index in [-0.39, 0.29) is 11.8 Å². The molecule has 3 atom stereocenters. The normalized spacial score (nSPS) is 37.1. The molecule has 0 heterocycles. The SMILES string of the molecule is CC(C)[C@@H]1CC[C@@H](C)C[C@@]1(C(N)=O)C1(C(=O)O)CC1.